The number of ether oxygens (including phenoxy) is 1. The summed E-state index contributed by atoms with van der Waals surface area (Å²) in [6.07, 6.45) is 1.87. The molecule has 0 aliphatic carbocycles. The highest BCUT2D eigenvalue weighted by molar-refractivity contribution is 5.85. The van der Waals surface area contributed by atoms with Crippen LogP contribution in [0.1, 0.15) is 26.7 Å². The quantitative estimate of drug-likeness (QED) is 0.756. The fraction of sp³-hybridized carbons (Fsp3) is 0.900. The molecular weight excluding hydrogens is 216 g/mol. The van der Waals surface area contributed by atoms with Crippen LogP contribution in [0.25, 0.3) is 0 Å². The molecule has 0 aromatic carbocycles. The fourth-order valence-electron chi connectivity index (χ4n) is 1.62. The first kappa shape index (κ1) is 14.7. The van der Waals surface area contributed by atoms with E-state index in [0.717, 1.165) is 25.9 Å². The van der Waals surface area contributed by atoms with Crippen LogP contribution in [0.4, 0.5) is 0 Å². The molecule has 1 amide bonds. The second-order valence-corrected chi connectivity index (χ2v) is 3.65. The van der Waals surface area contributed by atoms with Gasteiger partial charge in [-0.2, -0.15) is 0 Å². The molecule has 1 heterocycles. The van der Waals surface area contributed by atoms with Crippen molar-refractivity contribution in [3.05, 3.63) is 0 Å². The van der Waals surface area contributed by atoms with Gasteiger partial charge in [-0.15, -0.1) is 12.4 Å². The average Bonchev–Trinajstić information content (AvgIpc) is 2.19. The molecule has 0 bridgehead atoms. The molecule has 0 saturated carbocycles. The van der Waals surface area contributed by atoms with Crippen molar-refractivity contribution in [2.24, 2.45) is 0 Å². The predicted molar refractivity (Wildman–Crippen MR) is 62.4 cm³/mol. The summed E-state index contributed by atoms with van der Waals surface area (Å²) >= 11 is 0. The van der Waals surface area contributed by atoms with Crippen LogP contribution in [0.5, 0.6) is 0 Å². The van der Waals surface area contributed by atoms with Crippen LogP contribution in [0.2, 0.25) is 0 Å². The summed E-state index contributed by atoms with van der Waals surface area (Å²) in [5.74, 6) is 0.000509. The number of carbonyl (C=O) groups excluding carboxylic acids is 1. The monoisotopic (exact) mass is 236 g/mol. The molecule has 1 fully saturated rings. The van der Waals surface area contributed by atoms with Gasteiger partial charge in [0.25, 0.3) is 0 Å². The first-order valence-electron chi connectivity index (χ1n) is 5.36. The first-order chi connectivity index (χ1) is 6.74. The zero-order chi connectivity index (χ0) is 10.4. The summed E-state index contributed by atoms with van der Waals surface area (Å²) in [5.41, 5.74) is 0. The third-order valence-corrected chi connectivity index (χ3v) is 2.43. The Morgan fingerprint density at radius 1 is 1.67 bits per heavy atom. The molecule has 2 unspecified atom stereocenters. The SMILES string of the molecule is CCOC(C)C(=O)NC1CCCNC1.Cl. The zero-order valence-electron chi connectivity index (χ0n) is 9.41. The van der Waals surface area contributed by atoms with E-state index in [9.17, 15) is 4.79 Å². The minimum absolute atomic E-state index is 0. The smallest absolute Gasteiger partial charge is 0.249 e. The number of nitrogens with one attached hydrogen (secondary N) is 2. The minimum atomic E-state index is -0.332. The van der Waals surface area contributed by atoms with Crippen LogP contribution in [-0.2, 0) is 9.53 Å². The Labute approximate surface area is 97.5 Å². The lowest BCUT2D eigenvalue weighted by atomic mass is 10.1. The predicted octanol–water partition coefficient (Wildman–Crippen LogP) is 0.701. The van der Waals surface area contributed by atoms with Gasteiger partial charge in [0.1, 0.15) is 6.10 Å². The van der Waals surface area contributed by atoms with Crippen LogP contribution in [0, 0.1) is 0 Å². The average molecular weight is 237 g/mol. The van der Waals surface area contributed by atoms with Crippen LogP contribution < -0.4 is 10.6 Å². The summed E-state index contributed by atoms with van der Waals surface area (Å²) in [5, 5.41) is 6.23. The van der Waals surface area contributed by atoms with E-state index in [-0.39, 0.29) is 30.5 Å². The van der Waals surface area contributed by atoms with E-state index in [0.29, 0.717) is 6.61 Å². The third-order valence-electron chi connectivity index (χ3n) is 2.43. The van der Waals surface area contributed by atoms with Gasteiger partial charge in [0.2, 0.25) is 5.91 Å². The van der Waals surface area contributed by atoms with Gasteiger partial charge >= 0.3 is 0 Å². The molecule has 0 spiro atoms. The van der Waals surface area contributed by atoms with Gasteiger partial charge in [0, 0.05) is 19.2 Å². The molecule has 90 valence electrons. The molecule has 0 radical (unpaired) electrons. The molecule has 2 atom stereocenters. The van der Waals surface area contributed by atoms with Crippen molar-refractivity contribution in [3.8, 4) is 0 Å². The van der Waals surface area contributed by atoms with Crippen molar-refractivity contribution >= 4 is 18.3 Å². The number of hydrogen-bond donors (Lipinski definition) is 2. The maximum atomic E-state index is 11.5. The molecule has 0 aromatic heterocycles. The number of halogens is 1. The Bertz CT molecular complexity index is 184. The van der Waals surface area contributed by atoms with E-state index < -0.39 is 0 Å². The highest BCUT2D eigenvalue weighted by Gasteiger charge is 2.18. The second kappa shape index (κ2) is 7.91. The van der Waals surface area contributed by atoms with Crippen molar-refractivity contribution in [2.75, 3.05) is 19.7 Å². The standard InChI is InChI=1S/C10H20N2O2.ClH/c1-3-14-8(2)10(13)12-9-5-4-6-11-7-9;/h8-9,11H,3-7H2,1-2H3,(H,12,13);1H. The van der Waals surface area contributed by atoms with Gasteiger partial charge in [-0.3, -0.25) is 4.79 Å². The van der Waals surface area contributed by atoms with E-state index in [4.69, 9.17) is 4.74 Å². The Hall–Kier alpha value is -0.320. The topological polar surface area (TPSA) is 50.4 Å². The Balaban J connectivity index is 0.00000196. The molecular formula is C10H21ClN2O2. The first-order valence-corrected chi connectivity index (χ1v) is 5.36. The lowest BCUT2D eigenvalue weighted by Gasteiger charge is -2.25. The molecule has 4 nitrogen and oxygen atoms in total. The normalized spacial score (nSPS) is 22.7. The maximum absolute atomic E-state index is 11.5. The summed E-state index contributed by atoms with van der Waals surface area (Å²) in [6.45, 7) is 6.20. The second-order valence-electron chi connectivity index (χ2n) is 3.65. The molecule has 15 heavy (non-hydrogen) atoms. The number of hydrogen-bond acceptors (Lipinski definition) is 3. The van der Waals surface area contributed by atoms with E-state index in [1.165, 1.54) is 0 Å². The lowest BCUT2D eigenvalue weighted by Crippen LogP contribution is -2.48. The number of piperidine rings is 1. The molecule has 0 aromatic rings. The van der Waals surface area contributed by atoms with Gasteiger partial charge in [0.15, 0.2) is 0 Å². The highest BCUT2D eigenvalue weighted by Crippen LogP contribution is 2.02. The van der Waals surface area contributed by atoms with Gasteiger partial charge in [-0.1, -0.05) is 0 Å². The van der Waals surface area contributed by atoms with E-state index in [1.54, 1.807) is 6.92 Å². The largest absolute Gasteiger partial charge is 0.369 e. The van der Waals surface area contributed by atoms with E-state index >= 15 is 0 Å². The fourth-order valence-corrected chi connectivity index (χ4v) is 1.62. The molecule has 1 saturated heterocycles. The third kappa shape index (κ3) is 5.35. The van der Waals surface area contributed by atoms with E-state index in [1.807, 2.05) is 6.92 Å². The van der Waals surface area contributed by atoms with Crippen LogP contribution in [-0.4, -0.2) is 37.7 Å². The van der Waals surface area contributed by atoms with Crippen molar-refractivity contribution in [1.82, 2.24) is 10.6 Å². The molecule has 5 heteroatoms. The van der Waals surface area contributed by atoms with Gasteiger partial charge in [-0.25, -0.2) is 0 Å². The summed E-state index contributed by atoms with van der Waals surface area (Å²) in [6, 6.07) is 0.277. The van der Waals surface area contributed by atoms with Crippen LogP contribution in [0.15, 0.2) is 0 Å². The highest BCUT2D eigenvalue weighted by atomic mass is 35.5. The Kier molecular flexibility index (Phi) is 7.74. The molecule has 1 aliphatic rings. The number of carbonyl (C=O) groups is 1. The van der Waals surface area contributed by atoms with Crippen molar-refractivity contribution < 1.29 is 9.53 Å². The number of amides is 1. The Morgan fingerprint density at radius 2 is 2.40 bits per heavy atom. The van der Waals surface area contributed by atoms with E-state index in [2.05, 4.69) is 10.6 Å². The number of rotatable bonds is 4. The summed E-state index contributed by atoms with van der Waals surface area (Å²) in [4.78, 5) is 11.5. The lowest BCUT2D eigenvalue weighted by molar-refractivity contribution is -0.132. The molecule has 2 N–H and O–H groups in total. The van der Waals surface area contributed by atoms with Gasteiger partial charge < -0.3 is 15.4 Å². The Morgan fingerprint density at radius 3 is 2.93 bits per heavy atom. The van der Waals surface area contributed by atoms with Gasteiger partial charge in [-0.05, 0) is 33.2 Å². The van der Waals surface area contributed by atoms with Crippen molar-refractivity contribution in [1.29, 1.82) is 0 Å². The molecule has 1 rings (SSSR count). The van der Waals surface area contributed by atoms with Crippen LogP contribution in [0.3, 0.4) is 0 Å². The summed E-state index contributed by atoms with van der Waals surface area (Å²) in [7, 11) is 0. The zero-order valence-corrected chi connectivity index (χ0v) is 10.2. The van der Waals surface area contributed by atoms with Crippen molar-refractivity contribution in [3.63, 3.8) is 0 Å². The summed E-state index contributed by atoms with van der Waals surface area (Å²) < 4.78 is 5.21. The van der Waals surface area contributed by atoms with Gasteiger partial charge in [0.05, 0.1) is 0 Å². The molecule has 1 aliphatic heterocycles. The van der Waals surface area contributed by atoms with Crippen LogP contribution >= 0.6 is 12.4 Å². The minimum Gasteiger partial charge on any atom is -0.369 e. The maximum Gasteiger partial charge on any atom is 0.249 e. The van der Waals surface area contributed by atoms with Crippen molar-refractivity contribution in [2.45, 2.75) is 38.8 Å².